The van der Waals surface area contributed by atoms with Gasteiger partial charge in [-0.25, -0.2) is 0 Å². The molecule has 8 heteroatoms. The summed E-state index contributed by atoms with van der Waals surface area (Å²) in [5.74, 6) is -1.99. The van der Waals surface area contributed by atoms with Gasteiger partial charge in [0.15, 0.2) is 0 Å². The highest BCUT2D eigenvalue weighted by molar-refractivity contribution is 8.02. The van der Waals surface area contributed by atoms with Crippen molar-refractivity contribution < 1.29 is 24.2 Å². The first-order valence-corrected chi connectivity index (χ1v) is 12.3. The smallest absolute Gasteiger partial charge is 0.311 e. The van der Waals surface area contributed by atoms with Crippen LogP contribution in [0.5, 0.6) is 0 Å². The van der Waals surface area contributed by atoms with E-state index in [9.17, 15) is 19.5 Å². The van der Waals surface area contributed by atoms with E-state index in [0.717, 1.165) is 19.3 Å². The monoisotopic (exact) mass is 464 g/mol. The summed E-state index contributed by atoms with van der Waals surface area (Å²) in [7, 11) is 0. The highest BCUT2D eigenvalue weighted by Gasteiger charge is 2.77. The van der Waals surface area contributed by atoms with Crippen LogP contribution in [-0.2, 0) is 19.1 Å². The van der Waals surface area contributed by atoms with Crippen molar-refractivity contribution in [3.63, 3.8) is 0 Å². The lowest BCUT2D eigenvalue weighted by molar-refractivity contribution is -0.154. The number of amides is 2. The Kier molecular flexibility index (Phi) is 7.44. The minimum Gasteiger partial charge on any atom is -0.461 e. The fraction of sp³-hybridized carbons (Fsp3) is 0.708. The summed E-state index contributed by atoms with van der Waals surface area (Å²) in [6.07, 6.45) is 6.42. The van der Waals surface area contributed by atoms with Crippen molar-refractivity contribution in [2.45, 2.75) is 68.0 Å². The van der Waals surface area contributed by atoms with Crippen LogP contribution in [0.1, 0.15) is 46.5 Å². The van der Waals surface area contributed by atoms with E-state index >= 15 is 0 Å². The molecule has 3 unspecified atom stereocenters. The molecule has 3 saturated heterocycles. The Balaban J connectivity index is 2.04. The van der Waals surface area contributed by atoms with Crippen molar-refractivity contribution in [1.29, 1.82) is 0 Å². The molecular weight excluding hydrogens is 428 g/mol. The Morgan fingerprint density at radius 2 is 2.09 bits per heavy atom. The number of thioether (sulfide) groups is 1. The number of carbonyl (C=O) groups is 3. The van der Waals surface area contributed by atoms with Gasteiger partial charge >= 0.3 is 5.97 Å². The second-order valence-corrected chi connectivity index (χ2v) is 11.2. The van der Waals surface area contributed by atoms with Crippen molar-refractivity contribution in [2.75, 3.05) is 26.3 Å². The highest BCUT2D eigenvalue weighted by Crippen LogP contribution is 2.71. The van der Waals surface area contributed by atoms with Crippen molar-refractivity contribution >= 4 is 29.5 Å². The van der Waals surface area contributed by atoms with Crippen molar-refractivity contribution in [3.8, 4) is 0 Å². The molecule has 2 bridgehead atoms. The number of carbonyl (C=O) groups excluding carboxylic acids is 3. The van der Waals surface area contributed by atoms with Gasteiger partial charge in [-0.15, -0.1) is 18.3 Å². The van der Waals surface area contributed by atoms with Gasteiger partial charge in [-0.1, -0.05) is 32.1 Å². The van der Waals surface area contributed by atoms with Gasteiger partial charge in [0, 0.05) is 23.9 Å². The SMILES string of the molecule is C=CCOC(=O)[C@@H]1[C@H]2C(=O)N(CCO)C(C(=O)N(CC=C)C(C)CCC)C23CC[C@@]1(C)S3. The molecule has 3 fully saturated rings. The van der Waals surface area contributed by atoms with Crippen molar-refractivity contribution in [3.05, 3.63) is 25.3 Å². The molecule has 2 amide bonds. The van der Waals surface area contributed by atoms with Crippen LogP contribution in [0.15, 0.2) is 25.3 Å². The molecular formula is C24H36N2O5S. The van der Waals surface area contributed by atoms with Crippen LogP contribution in [0.25, 0.3) is 0 Å². The minimum absolute atomic E-state index is 0.000396. The average molecular weight is 465 g/mol. The third-order valence-corrected chi connectivity index (χ3v) is 9.28. The van der Waals surface area contributed by atoms with Gasteiger partial charge < -0.3 is 19.6 Å². The molecule has 7 nitrogen and oxygen atoms in total. The highest BCUT2D eigenvalue weighted by atomic mass is 32.2. The molecule has 0 radical (unpaired) electrons. The van der Waals surface area contributed by atoms with Crippen LogP contribution < -0.4 is 0 Å². The van der Waals surface area contributed by atoms with Gasteiger partial charge in [-0.05, 0) is 33.1 Å². The lowest BCUT2D eigenvalue weighted by atomic mass is 9.66. The Morgan fingerprint density at radius 1 is 1.38 bits per heavy atom. The van der Waals surface area contributed by atoms with E-state index < -0.39 is 33.3 Å². The van der Waals surface area contributed by atoms with E-state index in [4.69, 9.17) is 4.74 Å². The molecule has 0 aromatic carbocycles. The Hall–Kier alpha value is -1.80. The van der Waals surface area contributed by atoms with Gasteiger partial charge in [0.25, 0.3) is 0 Å². The fourth-order valence-corrected chi connectivity index (χ4v) is 8.34. The molecule has 0 saturated carbocycles. The zero-order valence-corrected chi connectivity index (χ0v) is 20.2. The maximum absolute atomic E-state index is 14.0. The molecule has 32 heavy (non-hydrogen) atoms. The molecule has 3 heterocycles. The van der Waals surface area contributed by atoms with Crippen molar-refractivity contribution in [2.24, 2.45) is 11.8 Å². The van der Waals surface area contributed by atoms with Gasteiger partial charge in [0.05, 0.1) is 23.2 Å². The second-order valence-electron chi connectivity index (χ2n) is 9.32. The number of hydrogen-bond donors (Lipinski definition) is 1. The van der Waals surface area contributed by atoms with Crippen LogP contribution in [0.3, 0.4) is 0 Å². The van der Waals surface area contributed by atoms with E-state index in [1.165, 1.54) is 11.0 Å². The standard InChI is InChI=1S/C24H36N2O5S/c1-6-9-16(4)25(12-7-2)21(29)19-24-11-10-23(5,32-24)18(22(30)31-15-8-3)17(24)20(28)26(19)13-14-27/h7-8,16-19,27H,2-3,6,9-15H2,1,4-5H3/t16?,17-,18-,19?,23+,24?/m0/s1. The van der Waals surface area contributed by atoms with Crippen molar-refractivity contribution in [1.82, 2.24) is 9.80 Å². The van der Waals surface area contributed by atoms with E-state index in [0.29, 0.717) is 13.0 Å². The summed E-state index contributed by atoms with van der Waals surface area (Å²) in [4.78, 5) is 44.1. The first-order chi connectivity index (χ1) is 15.2. The molecule has 1 spiro atoms. The number of rotatable bonds is 11. The van der Waals surface area contributed by atoms with E-state index in [1.54, 1.807) is 22.7 Å². The Labute approximate surface area is 195 Å². The van der Waals surface area contributed by atoms with Gasteiger partial charge in [0.1, 0.15) is 12.6 Å². The van der Waals surface area contributed by atoms with Crippen LogP contribution in [-0.4, -0.2) is 80.6 Å². The van der Waals surface area contributed by atoms with E-state index in [1.807, 2.05) is 13.8 Å². The lowest BCUT2D eigenvalue weighted by Crippen LogP contribution is -2.56. The normalized spacial score (nSPS) is 33.7. The number of likely N-dealkylation sites (tertiary alicyclic amines) is 1. The quantitative estimate of drug-likeness (QED) is 0.373. The molecule has 3 aliphatic heterocycles. The number of hydrogen-bond acceptors (Lipinski definition) is 6. The van der Waals surface area contributed by atoms with Gasteiger partial charge in [-0.2, -0.15) is 0 Å². The van der Waals surface area contributed by atoms with E-state index in [2.05, 4.69) is 20.1 Å². The molecule has 178 valence electrons. The van der Waals surface area contributed by atoms with E-state index in [-0.39, 0.29) is 37.6 Å². The molecule has 6 atom stereocenters. The first-order valence-electron chi connectivity index (χ1n) is 11.5. The minimum atomic E-state index is -0.713. The maximum atomic E-state index is 14.0. The van der Waals surface area contributed by atoms with Crippen LogP contribution in [0, 0.1) is 11.8 Å². The number of fused-ring (bicyclic) bond motifs is 1. The summed E-state index contributed by atoms with van der Waals surface area (Å²) in [5.41, 5.74) is 0. The number of β-amino-alcohol motifs (C(OH)–C–C–N with tert-alkyl or cyclic N) is 1. The average Bonchev–Trinajstić information content (AvgIpc) is 3.31. The molecule has 3 rings (SSSR count). The van der Waals surface area contributed by atoms with Crippen LogP contribution >= 0.6 is 11.8 Å². The maximum Gasteiger partial charge on any atom is 0.311 e. The molecule has 3 aliphatic rings. The molecule has 0 aromatic heterocycles. The molecule has 0 aromatic rings. The summed E-state index contributed by atoms with van der Waals surface area (Å²) in [5, 5.41) is 9.71. The third-order valence-electron chi connectivity index (χ3n) is 7.30. The Bertz CT molecular complexity index is 788. The third kappa shape index (κ3) is 3.79. The second kappa shape index (κ2) is 9.59. The summed E-state index contributed by atoms with van der Waals surface area (Å²) in [6.45, 7) is 13.8. The van der Waals surface area contributed by atoms with Crippen LogP contribution in [0.2, 0.25) is 0 Å². The number of aliphatic hydroxyl groups excluding tert-OH is 1. The van der Waals surface area contributed by atoms with Gasteiger partial charge in [0.2, 0.25) is 11.8 Å². The fourth-order valence-electron chi connectivity index (χ4n) is 6.00. The first kappa shape index (κ1) is 24.8. The number of esters is 1. The molecule has 0 aliphatic carbocycles. The number of aliphatic hydroxyl groups is 1. The van der Waals surface area contributed by atoms with Gasteiger partial charge in [-0.3, -0.25) is 14.4 Å². The predicted molar refractivity (Wildman–Crippen MR) is 125 cm³/mol. The summed E-state index contributed by atoms with van der Waals surface area (Å²) < 4.78 is 4.24. The largest absolute Gasteiger partial charge is 0.461 e. The Morgan fingerprint density at radius 3 is 2.69 bits per heavy atom. The predicted octanol–water partition coefficient (Wildman–Crippen LogP) is 2.39. The van der Waals surface area contributed by atoms with Crippen LogP contribution in [0.4, 0.5) is 0 Å². The topological polar surface area (TPSA) is 87.1 Å². The zero-order chi connectivity index (χ0) is 23.7. The summed E-state index contributed by atoms with van der Waals surface area (Å²) in [6, 6.07) is -0.713. The molecule has 1 N–H and O–H groups in total. The lowest BCUT2D eigenvalue weighted by Gasteiger charge is -2.39. The zero-order valence-electron chi connectivity index (χ0n) is 19.4. The number of nitrogens with zero attached hydrogens (tertiary/aromatic N) is 2. The number of ether oxygens (including phenoxy) is 1. The summed E-state index contributed by atoms with van der Waals surface area (Å²) >= 11 is 1.61.